The molecule has 0 N–H and O–H groups in total. The molecule has 0 fully saturated rings. The van der Waals surface area contributed by atoms with E-state index >= 15 is 0 Å². The molecule has 0 aromatic heterocycles. The number of rotatable bonds is 1. The smallest absolute Gasteiger partial charge is 0.117 e. The summed E-state index contributed by atoms with van der Waals surface area (Å²) in [5.74, 6) is 0. The zero-order valence-electron chi connectivity index (χ0n) is 6.46. The summed E-state index contributed by atoms with van der Waals surface area (Å²) in [7, 11) is 1.98. The van der Waals surface area contributed by atoms with Crippen LogP contribution in [0.1, 0.15) is 19.8 Å². The predicted molar refractivity (Wildman–Crippen MR) is 40.2 cm³/mol. The van der Waals surface area contributed by atoms with E-state index in [1.165, 1.54) is 0 Å². The van der Waals surface area contributed by atoms with Crippen LogP contribution in [0.2, 0.25) is 0 Å². The Balaban J connectivity index is 2.62. The van der Waals surface area contributed by atoms with Crippen molar-refractivity contribution >= 4 is 0 Å². The second kappa shape index (κ2) is 2.74. The minimum absolute atomic E-state index is 0.564. The molecule has 10 heavy (non-hydrogen) atoms. The number of allylic oxidation sites excluding steroid dienone is 1. The Morgan fingerprint density at radius 3 is 2.90 bits per heavy atom. The lowest BCUT2D eigenvalue weighted by atomic mass is 10.2. The molecular formula is C8H12N2. The van der Waals surface area contributed by atoms with Crippen molar-refractivity contribution in [1.82, 2.24) is 4.90 Å². The number of hydrogen-bond donors (Lipinski definition) is 0. The van der Waals surface area contributed by atoms with E-state index < -0.39 is 0 Å². The van der Waals surface area contributed by atoms with Gasteiger partial charge in [0.25, 0.3) is 0 Å². The fourth-order valence-electron chi connectivity index (χ4n) is 1.31. The summed E-state index contributed by atoms with van der Waals surface area (Å²) >= 11 is 0. The Morgan fingerprint density at radius 2 is 2.60 bits per heavy atom. The second-order valence-electron chi connectivity index (χ2n) is 2.61. The van der Waals surface area contributed by atoms with Gasteiger partial charge in [0, 0.05) is 13.1 Å². The average molecular weight is 136 g/mol. The van der Waals surface area contributed by atoms with Crippen LogP contribution in [0.3, 0.4) is 0 Å². The largest absolute Gasteiger partial charge is 0.363 e. The van der Waals surface area contributed by atoms with Gasteiger partial charge in [-0.25, -0.2) is 0 Å². The maximum absolute atomic E-state index is 8.59. The molecule has 0 aromatic carbocycles. The van der Waals surface area contributed by atoms with Gasteiger partial charge in [0.2, 0.25) is 0 Å². The molecule has 1 aliphatic heterocycles. The highest BCUT2D eigenvalue weighted by atomic mass is 15.2. The molecule has 1 atom stereocenters. The van der Waals surface area contributed by atoms with Crippen LogP contribution in [-0.4, -0.2) is 18.0 Å². The number of nitriles is 1. The Kier molecular flexibility index (Phi) is 1.96. The molecule has 0 radical (unpaired) electrons. The van der Waals surface area contributed by atoms with E-state index in [0.717, 1.165) is 18.5 Å². The molecule has 0 amide bonds. The Labute approximate surface area is 61.8 Å². The van der Waals surface area contributed by atoms with E-state index in [0.29, 0.717) is 6.04 Å². The summed E-state index contributed by atoms with van der Waals surface area (Å²) in [6.45, 7) is 2.15. The fraction of sp³-hybridized carbons (Fsp3) is 0.625. The predicted octanol–water partition coefficient (Wildman–Crippen LogP) is 1.51. The van der Waals surface area contributed by atoms with Crippen LogP contribution in [0.4, 0.5) is 0 Å². The van der Waals surface area contributed by atoms with Gasteiger partial charge in [-0.3, -0.25) is 0 Å². The van der Waals surface area contributed by atoms with Crippen LogP contribution in [0.5, 0.6) is 0 Å². The summed E-state index contributed by atoms with van der Waals surface area (Å²) in [5.41, 5.74) is 0.826. The normalized spacial score (nSPS) is 24.3. The van der Waals surface area contributed by atoms with Gasteiger partial charge in [-0.2, -0.15) is 5.26 Å². The molecule has 0 saturated heterocycles. The summed E-state index contributed by atoms with van der Waals surface area (Å²) in [6, 6.07) is 2.73. The van der Waals surface area contributed by atoms with E-state index in [-0.39, 0.29) is 0 Å². The first-order chi connectivity index (χ1) is 4.79. The van der Waals surface area contributed by atoms with E-state index in [9.17, 15) is 0 Å². The van der Waals surface area contributed by atoms with Crippen LogP contribution in [-0.2, 0) is 0 Å². The first-order valence-corrected chi connectivity index (χ1v) is 3.62. The molecule has 0 spiro atoms. The molecule has 1 rings (SSSR count). The third kappa shape index (κ3) is 0.995. The third-order valence-corrected chi connectivity index (χ3v) is 2.10. The van der Waals surface area contributed by atoms with Gasteiger partial charge in [-0.1, -0.05) is 6.92 Å². The zero-order valence-corrected chi connectivity index (χ0v) is 6.46. The molecular weight excluding hydrogens is 124 g/mol. The molecule has 2 heteroatoms. The topological polar surface area (TPSA) is 27.0 Å². The monoisotopic (exact) mass is 136 g/mol. The lowest BCUT2D eigenvalue weighted by Gasteiger charge is -2.20. The lowest BCUT2D eigenvalue weighted by Crippen LogP contribution is -2.24. The van der Waals surface area contributed by atoms with Crippen molar-refractivity contribution in [3.8, 4) is 6.07 Å². The van der Waals surface area contributed by atoms with Crippen LogP contribution < -0.4 is 0 Å². The average Bonchev–Trinajstić information content (AvgIpc) is 2.30. The van der Waals surface area contributed by atoms with Crippen LogP contribution >= 0.6 is 0 Å². The Morgan fingerprint density at radius 1 is 1.90 bits per heavy atom. The summed E-state index contributed by atoms with van der Waals surface area (Å²) in [6.07, 6.45) is 4.17. The molecule has 0 aromatic rings. The molecule has 2 nitrogen and oxygen atoms in total. The summed E-state index contributed by atoms with van der Waals surface area (Å²) < 4.78 is 0. The lowest BCUT2D eigenvalue weighted by molar-refractivity contribution is 0.335. The maximum atomic E-state index is 8.59. The van der Waals surface area contributed by atoms with Crippen molar-refractivity contribution in [1.29, 1.82) is 5.26 Å². The van der Waals surface area contributed by atoms with E-state index in [2.05, 4.69) is 17.9 Å². The Bertz CT molecular complexity index is 188. The molecule has 0 bridgehead atoms. The standard InChI is InChI=1S/C8H12N2/c1-3-7-4-5-8(6-9)10(7)2/h5,7H,3-4H2,1-2H3. The quantitative estimate of drug-likeness (QED) is 0.546. The molecule has 0 saturated carbocycles. The molecule has 1 heterocycles. The fourth-order valence-corrected chi connectivity index (χ4v) is 1.31. The van der Waals surface area contributed by atoms with Gasteiger partial charge >= 0.3 is 0 Å². The minimum Gasteiger partial charge on any atom is -0.363 e. The zero-order chi connectivity index (χ0) is 7.56. The third-order valence-electron chi connectivity index (χ3n) is 2.10. The summed E-state index contributed by atoms with van der Waals surface area (Å²) in [4.78, 5) is 2.06. The van der Waals surface area contributed by atoms with Gasteiger partial charge < -0.3 is 4.90 Å². The first-order valence-electron chi connectivity index (χ1n) is 3.62. The number of hydrogen-bond acceptors (Lipinski definition) is 2. The molecule has 0 aliphatic carbocycles. The van der Waals surface area contributed by atoms with Gasteiger partial charge in [0.05, 0.1) is 0 Å². The van der Waals surface area contributed by atoms with Crippen LogP contribution in [0, 0.1) is 11.3 Å². The van der Waals surface area contributed by atoms with Crippen molar-refractivity contribution in [3.63, 3.8) is 0 Å². The first kappa shape index (κ1) is 7.14. The highest BCUT2D eigenvalue weighted by Crippen LogP contribution is 2.20. The van der Waals surface area contributed by atoms with Crippen molar-refractivity contribution < 1.29 is 0 Å². The van der Waals surface area contributed by atoms with Crippen LogP contribution in [0.15, 0.2) is 11.8 Å². The SMILES string of the molecule is CCC1CC=C(C#N)N1C. The molecule has 1 aliphatic rings. The molecule has 54 valence electrons. The molecule has 1 unspecified atom stereocenters. The van der Waals surface area contributed by atoms with E-state index in [4.69, 9.17) is 5.26 Å². The minimum atomic E-state index is 0.564. The maximum Gasteiger partial charge on any atom is 0.117 e. The Hall–Kier alpha value is -0.970. The van der Waals surface area contributed by atoms with Crippen molar-refractivity contribution in [2.75, 3.05) is 7.05 Å². The highest BCUT2D eigenvalue weighted by Gasteiger charge is 2.19. The van der Waals surface area contributed by atoms with Gasteiger partial charge in [0.1, 0.15) is 11.8 Å². The van der Waals surface area contributed by atoms with E-state index in [1.807, 2.05) is 13.1 Å². The number of nitrogens with zero attached hydrogens (tertiary/aromatic N) is 2. The van der Waals surface area contributed by atoms with Crippen molar-refractivity contribution in [2.45, 2.75) is 25.8 Å². The highest BCUT2D eigenvalue weighted by molar-refractivity contribution is 5.24. The van der Waals surface area contributed by atoms with Crippen molar-refractivity contribution in [2.24, 2.45) is 0 Å². The van der Waals surface area contributed by atoms with Gasteiger partial charge in [-0.05, 0) is 18.9 Å². The van der Waals surface area contributed by atoms with E-state index in [1.54, 1.807) is 0 Å². The van der Waals surface area contributed by atoms with Crippen LogP contribution in [0.25, 0.3) is 0 Å². The second-order valence-corrected chi connectivity index (χ2v) is 2.61. The van der Waals surface area contributed by atoms with Gasteiger partial charge in [0.15, 0.2) is 0 Å². The summed E-state index contributed by atoms with van der Waals surface area (Å²) in [5, 5.41) is 8.59. The van der Waals surface area contributed by atoms with Crippen molar-refractivity contribution in [3.05, 3.63) is 11.8 Å². The van der Waals surface area contributed by atoms with Gasteiger partial charge in [-0.15, -0.1) is 0 Å².